The minimum absolute atomic E-state index is 0.0991. The third-order valence-electron chi connectivity index (χ3n) is 5.81. The molecule has 0 bridgehead atoms. The fourth-order valence-corrected chi connectivity index (χ4v) is 3.76. The topological polar surface area (TPSA) is 87.8 Å². The van der Waals surface area contributed by atoms with Gasteiger partial charge in [-0.05, 0) is 37.2 Å². The Morgan fingerprint density at radius 1 is 0.969 bits per heavy atom. The van der Waals surface area contributed by atoms with E-state index in [9.17, 15) is 14.4 Å². The van der Waals surface area contributed by atoms with Crippen LogP contribution in [0.2, 0.25) is 0 Å². The van der Waals surface area contributed by atoms with Crippen LogP contribution in [0.1, 0.15) is 72.3 Å². The number of amides is 2. The van der Waals surface area contributed by atoms with Crippen LogP contribution in [-0.2, 0) is 25.5 Å². The molecule has 2 N–H and O–H groups in total. The van der Waals surface area contributed by atoms with Crippen molar-refractivity contribution in [3.05, 3.63) is 35.9 Å². The zero-order valence-electron chi connectivity index (χ0n) is 20.3. The number of carbonyl (C=O) groups is 3. The van der Waals surface area contributed by atoms with Gasteiger partial charge in [-0.1, -0.05) is 70.9 Å². The number of epoxide rings is 1. The van der Waals surface area contributed by atoms with Gasteiger partial charge in [0.2, 0.25) is 11.8 Å². The molecule has 1 fully saturated rings. The van der Waals surface area contributed by atoms with Crippen LogP contribution in [0.4, 0.5) is 0 Å². The van der Waals surface area contributed by atoms with Gasteiger partial charge in [-0.25, -0.2) is 0 Å². The number of Topliss-reactive ketones (excluding diaryl/α,β-unsaturated/α-hetero) is 1. The highest BCUT2D eigenvalue weighted by Gasteiger charge is 2.50. The molecule has 0 radical (unpaired) electrons. The molecular weight excluding hydrogens is 404 g/mol. The molecule has 1 heterocycles. The summed E-state index contributed by atoms with van der Waals surface area (Å²) < 4.78 is 5.32. The molecule has 0 unspecified atom stereocenters. The largest absolute Gasteiger partial charge is 0.361 e. The third-order valence-corrected chi connectivity index (χ3v) is 5.81. The normalized spacial score (nSPS) is 19.5. The van der Waals surface area contributed by atoms with E-state index in [1.165, 1.54) is 0 Å². The number of carbonyl (C=O) groups excluding carboxylic acids is 3. The molecule has 6 nitrogen and oxygen atoms in total. The standard InChI is InChI=1S/C26H40N2O4/c1-18(2)11-9-10-14-23(29)27-22(16-20-12-7-6-8-13-20)25(31)28-21(15-19(3)4)24(30)26(5)17-32-26/h6-8,12-13,18-19,21-22H,9-11,14-17H2,1-5H3,(H,27,29)(H,28,31)/t21-,22-,26+/m0/s1. The fourth-order valence-electron chi connectivity index (χ4n) is 3.76. The molecule has 1 saturated heterocycles. The predicted octanol–water partition coefficient (Wildman–Crippen LogP) is 3.82. The van der Waals surface area contributed by atoms with Gasteiger partial charge in [-0.15, -0.1) is 0 Å². The first-order valence-corrected chi connectivity index (χ1v) is 11.9. The number of benzene rings is 1. The van der Waals surface area contributed by atoms with E-state index in [1.54, 1.807) is 6.92 Å². The van der Waals surface area contributed by atoms with E-state index in [0.717, 1.165) is 24.8 Å². The van der Waals surface area contributed by atoms with Crippen molar-refractivity contribution in [3.63, 3.8) is 0 Å². The van der Waals surface area contributed by atoms with Gasteiger partial charge in [-0.2, -0.15) is 0 Å². The maximum atomic E-state index is 13.2. The van der Waals surface area contributed by atoms with Crippen molar-refractivity contribution >= 4 is 17.6 Å². The Morgan fingerprint density at radius 2 is 1.62 bits per heavy atom. The molecule has 2 rings (SSSR count). The number of unbranched alkanes of at least 4 members (excludes halogenated alkanes) is 1. The second-order valence-corrected chi connectivity index (χ2v) is 10.0. The average molecular weight is 445 g/mol. The van der Waals surface area contributed by atoms with Crippen molar-refractivity contribution < 1.29 is 19.1 Å². The summed E-state index contributed by atoms with van der Waals surface area (Å²) in [7, 11) is 0. The van der Waals surface area contributed by atoms with E-state index in [1.807, 2.05) is 44.2 Å². The van der Waals surface area contributed by atoms with Crippen molar-refractivity contribution in [2.45, 2.75) is 90.8 Å². The van der Waals surface area contributed by atoms with Crippen molar-refractivity contribution in [3.8, 4) is 0 Å². The van der Waals surface area contributed by atoms with Crippen molar-refractivity contribution in [2.24, 2.45) is 11.8 Å². The van der Waals surface area contributed by atoms with Gasteiger partial charge in [0.05, 0.1) is 12.6 Å². The lowest BCUT2D eigenvalue weighted by atomic mass is 9.93. The Bertz CT molecular complexity index is 756. The molecule has 1 aliphatic heterocycles. The van der Waals surface area contributed by atoms with E-state index in [-0.39, 0.29) is 23.5 Å². The fraction of sp³-hybridized carbons (Fsp3) is 0.654. The average Bonchev–Trinajstić information content (AvgIpc) is 3.48. The Balaban J connectivity index is 2.06. The summed E-state index contributed by atoms with van der Waals surface area (Å²) >= 11 is 0. The minimum atomic E-state index is -0.804. The maximum Gasteiger partial charge on any atom is 0.243 e. The summed E-state index contributed by atoms with van der Waals surface area (Å²) in [5.74, 6) is 0.289. The summed E-state index contributed by atoms with van der Waals surface area (Å²) in [5.41, 5.74) is 0.151. The smallest absolute Gasteiger partial charge is 0.243 e. The molecule has 1 aromatic carbocycles. The first kappa shape index (κ1) is 26.0. The van der Waals surface area contributed by atoms with Crippen LogP contribution in [0, 0.1) is 11.8 Å². The zero-order valence-corrected chi connectivity index (χ0v) is 20.3. The first-order chi connectivity index (χ1) is 15.1. The second-order valence-electron chi connectivity index (χ2n) is 10.0. The third kappa shape index (κ3) is 8.73. The molecule has 0 saturated carbocycles. The quantitative estimate of drug-likeness (QED) is 0.337. The van der Waals surface area contributed by atoms with E-state index < -0.39 is 17.7 Å². The number of ketones is 1. The molecule has 3 atom stereocenters. The maximum absolute atomic E-state index is 13.2. The van der Waals surface area contributed by atoms with Gasteiger partial charge in [0.25, 0.3) is 0 Å². The molecule has 6 heteroatoms. The van der Waals surface area contributed by atoms with E-state index in [2.05, 4.69) is 24.5 Å². The van der Waals surface area contributed by atoms with Gasteiger partial charge in [-0.3, -0.25) is 14.4 Å². The van der Waals surface area contributed by atoms with Gasteiger partial charge >= 0.3 is 0 Å². The van der Waals surface area contributed by atoms with Crippen LogP contribution < -0.4 is 10.6 Å². The molecule has 1 aromatic rings. The summed E-state index contributed by atoms with van der Waals surface area (Å²) in [5, 5.41) is 5.83. The molecule has 2 amide bonds. The van der Waals surface area contributed by atoms with Crippen molar-refractivity contribution in [1.82, 2.24) is 10.6 Å². The molecule has 178 valence electrons. The van der Waals surface area contributed by atoms with Crippen LogP contribution in [0.25, 0.3) is 0 Å². The number of hydrogen-bond acceptors (Lipinski definition) is 4. The highest BCUT2D eigenvalue weighted by molar-refractivity contribution is 5.97. The Kier molecular flexibility index (Phi) is 9.88. The van der Waals surface area contributed by atoms with Gasteiger partial charge in [0.15, 0.2) is 5.78 Å². The van der Waals surface area contributed by atoms with Crippen LogP contribution in [-0.4, -0.2) is 41.9 Å². The van der Waals surface area contributed by atoms with Crippen molar-refractivity contribution in [2.75, 3.05) is 6.61 Å². The first-order valence-electron chi connectivity index (χ1n) is 11.9. The monoisotopic (exact) mass is 444 g/mol. The number of hydrogen-bond donors (Lipinski definition) is 2. The van der Waals surface area contributed by atoms with Gasteiger partial charge in [0, 0.05) is 12.8 Å². The molecular formula is C26H40N2O4. The zero-order chi connectivity index (χ0) is 23.7. The lowest BCUT2D eigenvalue weighted by Crippen LogP contribution is -2.54. The van der Waals surface area contributed by atoms with E-state index >= 15 is 0 Å². The summed E-state index contributed by atoms with van der Waals surface area (Å²) in [6.07, 6.45) is 4.18. The van der Waals surface area contributed by atoms with Crippen LogP contribution in [0.15, 0.2) is 30.3 Å². The van der Waals surface area contributed by atoms with Crippen LogP contribution >= 0.6 is 0 Å². The predicted molar refractivity (Wildman–Crippen MR) is 126 cm³/mol. The SMILES string of the molecule is CC(C)CCCCC(=O)N[C@@H](Cc1ccccc1)C(=O)N[C@@H](CC(C)C)C(=O)[C@@]1(C)CO1. The van der Waals surface area contributed by atoms with Gasteiger partial charge < -0.3 is 15.4 Å². The Hall–Kier alpha value is -2.21. The highest BCUT2D eigenvalue weighted by atomic mass is 16.6. The minimum Gasteiger partial charge on any atom is -0.361 e. The number of nitrogens with one attached hydrogen (secondary N) is 2. The molecule has 1 aliphatic rings. The van der Waals surface area contributed by atoms with Crippen molar-refractivity contribution in [1.29, 1.82) is 0 Å². The molecule has 0 aromatic heterocycles. The molecule has 0 spiro atoms. The summed E-state index contributed by atoms with van der Waals surface area (Å²) in [6, 6.07) is 8.25. The van der Waals surface area contributed by atoms with Gasteiger partial charge in [0.1, 0.15) is 11.6 Å². The van der Waals surface area contributed by atoms with E-state index in [4.69, 9.17) is 4.74 Å². The van der Waals surface area contributed by atoms with Crippen LogP contribution in [0.3, 0.4) is 0 Å². The summed E-state index contributed by atoms with van der Waals surface area (Å²) in [6.45, 7) is 10.5. The molecule has 32 heavy (non-hydrogen) atoms. The number of rotatable bonds is 14. The van der Waals surface area contributed by atoms with E-state index in [0.29, 0.717) is 31.8 Å². The lowest BCUT2D eigenvalue weighted by molar-refractivity contribution is -0.133. The Labute approximate surface area is 192 Å². The number of ether oxygens (including phenoxy) is 1. The lowest BCUT2D eigenvalue weighted by Gasteiger charge is -2.25. The van der Waals surface area contributed by atoms with Crippen LogP contribution in [0.5, 0.6) is 0 Å². The second kappa shape index (κ2) is 12.1. The molecule has 0 aliphatic carbocycles. The summed E-state index contributed by atoms with van der Waals surface area (Å²) in [4.78, 5) is 38.7. The Morgan fingerprint density at radius 3 is 2.19 bits per heavy atom. The highest BCUT2D eigenvalue weighted by Crippen LogP contribution is 2.29.